The van der Waals surface area contributed by atoms with Crippen LogP contribution in [0.25, 0.3) is 0 Å². The molecular formula is C14H26ClN3O. The predicted octanol–water partition coefficient (Wildman–Crippen LogP) is 2.80. The lowest BCUT2D eigenvalue weighted by molar-refractivity contribution is -0.0291. The number of ether oxygens (including phenoxy) is 1. The van der Waals surface area contributed by atoms with Crippen LogP contribution in [0.5, 0.6) is 0 Å². The third-order valence-corrected chi connectivity index (χ3v) is 3.95. The van der Waals surface area contributed by atoms with E-state index in [1.165, 1.54) is 0 Å². The van der Waals surface area contributed by atoms with Crippen molar-refractivity contribution in [1.82, 2.24) is 9.78 Å². The van der Waals surface area contributed by atoms with E-state index in [0.29, 0.717) is 13.0 Å². The highest BCUT2D eigenvalue weighted by Gasteiger charge is 2.29. The first-order valence-corrected chi connectivity index (χ1v) is 7.38. The second kappa shape index (κ2) is 6.73. The van der Waals surface area contributed by atoms with Gasteiger partial charge in [0.25, 0.3) is 0 Å². The normalized spacial score (nSPS) is 13.8. The highest BCUT2D eigenvalue weighted by molar-refractivity contribution is 6.31. The number of rotatable bonds is 7. The van der Waals surface area contributed by atoms with Crippen LogP contribution in [-0.4, -0.2) is 28.0 Å². The highest BCUT2D eigenvalue weighted by atomic mass is 35.5. The molecule has 1 heterocycles. The van der Waals surface area contributed by atoms with Crippen LogP contribution in [0.4, 0.5) is 0 Å². The first-order chi connectivity index (χ1) is 8.87. The van der Waals surface area contributed by atoms with Crippen molar-refractivity contribution in [3.63, 3.8) is 0 Å². The summed E-state index contributed by atoms with van der Waals surface area (Å²) in [6, 6.07) is -0.114. The number of nitrogens with zero attached hydrogens (tertiary/aromatic N) is 2. The Hall–Kier alpha value is -0.580. The number of halogens is 1. The van der Waals surface area contributed by atoms with E-state index in [4.69, 9.17) is 22.1 Å². The number of hydrogen-bond donors (Lipinski definition) is 1. The monoisotopic (exact) mass is 287 g/mol. The highest BCUT2D eigenvalue weighted by Crippen LogP contribution is 2.25. The fourth-order valence-corrected chi connectivity index (χ4v) is 2.49. The molecule has 4 nitrogen and oxygen atoms in total. The summed E-state index contributed by atoms with van der Waals surface area (Å²) in [6.45, 7) is 11.6. The summed E-state index contributed by atoms with van der Waals surface area (Å²) in [5.41, 5.74) is 7.88. The summed E-state index contributed by atoms with van der Waals surface area (Å²) < 4.78 is 7.66. The average Bonchev–Trinajstić information content (AvgIpc) is 2.66. The van der Waals surface area contributed by atoms with Gasteiger partial charge in [-0.3, -0.25) is 4.68 Å². The molecule has 0 saturated heterocycles. The van der Waals surface area contributed by atoms with Gasteiger partial charge in [-0.05, 0) is 34.1 Å². The Labute approximate surface area is 121 Å². The van der Waals surface area contributed by atoms with Crippen LogP contribution < -0.4 is 5.73 Å². The summed E-state index contributed by atoms with van der Waals surface area (Å²) >= 11 is 6.40. The van der Waals surface area contributed by atoms with Gasteiger partial charge in [0.1, 0.15) is 0 Å². The first-order valence-electron chi connectivity index (χ1n) is 7.00. The van der Waals surface area contributed by atoms with Gasteiger partial charge in [-0.1, -0.05) is 18.5 Å². The van der Waals surface area contributed by atoms with Crippen LogP contribution in [-0.2, 0) is 24.1 Å². The SMILES string of the molecule is CCOC(C)(C)C(N)Cc1c(Cl)c(CC)nn1CC. The number of aromatic nitrogens is 2. The van der Waals surface area contributed by atoms with Crippen molar-refractivity contribution < 1.29 is 4.74 Å². The Kier molecular flexibility index (Phi) is 5.83. The number of aryl methyl sites for hydroxylation is 2. The molecule has 2 N–H and O–H groups in total. The summed E-state index contributed by atoms with van der Waals surface area (Å²) in [6.07, 6.45) is 1.51. The molecule has 0 aromatic carbocycles. The fourth-order valence-electron chi connectivity index (χ4n) is 2.15. The van der Waals surface area contributed by atoms with Gasteiger partial charge in [-0.15, -0.1) is 0 Å². The molecule has 0 aliphatic heterocycles. The van der Waals surface area contributed by atoms with Gasteiger partial charge >= 0.3 is 0 Å². The molecule has 0 spiro atoms. The van der Waals surface area contributed by atoms with Crippen molar-refractivity contribution in [1.29, 1.82) is 0 Å². The Morgan fingerprint density at radius 2 is 2.00 bits per heavy atom. The lowest BCUT2D eigenvalue weighted by Gasteiger charge is -2.31. The second-order valence-corrected chi connectivity index (χ2v) is 5.60. The van der Waals surface area contributed by atoms with Crippen molar-refractivity contribution in [3.8, 4) is 0 Å². The molecule has 0 amide bonds. The molecule has 0 aliphatic rings. The molecule has 5 heteroatoms. The molecule has 1 unspecified atom stereocenters. The summed E-state index contributed by atoms with van der Waals surface area (Å²) in [5.74, 6) is 0. The topological polar surface area (TPSA) is 53.1 Å². The third kappa shape index (κ3) is 3.71. The van der Waals surface area contributed by atoms with Crippen LogP contribution in [0.2, 0.25) is 5.02 Å². The van der Waals surface area contributed by atoms with Crippen molar-refractivity contribution in [2.45, 2.75) is 65.6 Å². The molecule has 0 radical (unpaired) electrons. The van der Waals surface area contributed by atoms with E-state index >= 15 is 0 Å². The van der Waals surface area contributed by atoms with Gasteiger partial charge in [0, 0.05) is 25.6 Å². The zero-order valence-corrected chi connectivity index (χ0v) is 13.4. The maximum absolute atomic E-state index is 6.40. The van der Waals surface area contributed by atoms with E-state index in [-0.39, 0.29) is 11.6 Å². The molecule has 0 fully saturated rings. The molecule has 1 rings (SSSR count). The predicted molar refractivity (Wildman–Crippen MR) is 79.7 cm³/mol. The zero-order chi connectivity index (χ0) is 14.6. The standard InChI is InChI=1S/C14H26ClN3O/c1-6-10-13(15)11(18(7-2)17-10)9-12(16)14(4,5)19-8-3/h12H,6-9,16H2,1-5H3. The molecule has 1 aromatic rings. The first kappa shape index (κ1) is 16.5. The minimum absolute atomic E-state index is 0.114. The molecule has 0 bridgehead atoms. The van der Waals surface area contributed by atoms with Gasteiger partial charge in [0.05, 0.1) is 22.0 Å². The molecule has 1 atom stereocenters. The Bertz CT molecular complexity index is 415. The Morgan fingerprint density at radius 1 is 1.37 bits per heavy atom. The van der Waals surface area contributed by atoms with E-state index in [1.807, 2.05) is 25.5 Å². The van der Waals surface area contributed by atoms with Gasteiger partial charge < -0.3 is 10.5 Å². The lowest BCUT2D eigenvalue weighted by atomic mass is 9.95. The van der Waals surface area contributed by atoms with E-state index in [0.717, 1.165) is 29.4 Å². The van der Waals surface area contributed by atoms with Crippen molar-refractivity contribution >= 4 is 11.6 Å². The minimum atomic E-state index is -0.368. The molecule has 1 aromatic heterocycles. The number of nitrogens with two attached hydrogens (primary N) is 1. The van der Waals surface area contributed by atoms with Crippen LogP contribution in [0.3, 0.4) is 0 Å². The van der Waals surface area contributed by atoms with E-state index in [1.54, 1.807) is 0 Å². The van der Waals surface area contributed by atoms with Crippen molar-refractivity contribution in [3.05, 3.63) is 16.4 Å². The van der Waals surface area contributed by atoms with Gasteiger partial charge in [0.2, 0.25) is 0 Å². The van der Waals surface area contributed by atoms with E-state index < -0.39 is 0 Å². The van der Waals surface area contributed by atoms with E-state index in [2.05, 4.69) is 18.9 Å². The Morgan fingerprint density at radius 3 is 2.47 bits per heavy atom. The second-order valence-electron chi connectivity index (χ2n) is 5.22. The summed E-state index contributed by atoms with van der Waals surface area (Å²) in [4.78, 5) is 0. The molecule has 110 valence electrons. The molecule has 0 saturated carbocycles. The van der Waals surface area contributed by atoms with Crippen molar-refractivity contribution in [2.24, 2.45) is 5.73 Å². The van der Waals surface area contributed by atoms with E-state index in [9.17, 15) is 0 Å². The minimum Gasteiger partial charge on any atom is -0.374 e. The smallest absolute Gasteiger partial charge is 0.0850 e. The van der Waals surface area contributed by atoms with Crippen LogP contribution >= 0.6 is 11.6 Å². The zero-order valence-electron chi connectivity index (χ0n) is 12.7. The van der Waals surface area contributed by atoms with Crippen molar-refractivity contribution in [2.75, 3.05) is 6.61 Å². The summed E-state index contributed by atoms with van der Waals surface area (Å²) in [5, 5.41) is 5.27. The molecular weight excluding hydrogens is 262 g/mol. The molecule has 19 heavy (non-hydrogen) atoms. The van der Waals surface area contributed by atoms with Crippen LogP contribution in [0.1, 0.15) is 46.0 Å². The van der Waals surface area contributed by atoms with Crippen LogP contribution in [0.15, 0.2) is 0 Å². The maximum atomic E-state index is 6.40. The quantitative estimate of drug-likeness (QED) is 0.839. The average molecular weight is 288 g/mol. The van der Waals surface area contributed by atoms with Gasteiger partial charge in [-0.2, -0.15) is 5.10 Å². The fraction of sp³-hybridized carbons (Fsp3) is 0.786. The molecule has 0 aliphatic carbocycles. The Balaban J connectivity index is 2.95. The maximum Gasteiger partial charge on any atom is 0.0850 e. The van der Waals surface area contributed by atoms with Crippen LogP contribution in [0, 0.1) is 0 Å². The number of hydrogen-bond acceptors (Lipinski definition) is 3. The third-order valence-electron chi connectivity index (χ3n) is 3.52. The van der Waals surface area contributed by atoms with Gasteiger partial charge in [-0.25, -0.2) is 0 Å². The largest absolute Gasteiger partial charge is 0.374 e. The lowest BCUT2D eigenvalue weighted by Crippen LogP contribution is -2.47. The summed E-state index contributed by atoms with van der Waals surface area (Å²) in [7, 11) is 0. The van der Waals surface area contributed by atoms with Gasteiger partial charge in [0.15, 0.2) is 0 Å².